The summed E-state index contributed by atoms with van der Waals surface area (Å²) in [7, 11) is 0. The van der Waals surface area contributed by atoms with E-state index in [9.17, 15) is 4.79 Å². The van der Waals surface area contributed by atoms with Gasteiger partial charge in [0.1, 0.15) is 0 Å². The molecule has 1 fully saturated rings. The first kappa shape index (κ1) is 10.5. The van der Waals surface area contributed by atoms with Gasteiger partial charge >= 0.3 is 0 Å². The molecule has 4 heteroatoms. The Morgan fingerprint density at radius 3 is 2.85 bits per heavy atom. The molecule has 3 atom stereocenters. The summed E-state index contributed by atoms with van der Waals surface area (Å²) in [5.41, 5.74) is 5.69. The zero-order chi connectivity index (χ0) is 9.84. The minimum Gasteiger partial charge on any atom is -0.392 e. The fraction of sp³-hybridized carbons (Fsp3) is 0.889. The average Bonchev–Trinajstić information content (AvgIpc) is 2.47. The molecule has 0 radical (unpaired) electrons. The van der Waals surface area contributed by atoms with E-state index in [0.29, 0.717) is 6.54 Å². The summed E-state index contributed by atoms with van der Waals surface area (Å²) < 4.78 is 0. The Balaban J connectivity index is 2.24. The quantitative estimate of drug-likeness (QED) is 0.562. The third kappa shape index (κ3) is 3.32. The van der Waals surface area contributed by atoms with Crippen molar-refractivity contribution in [2.24, 2.45) is 11.7 Å². The van der Waals surface area contributed by atoms with Crippen LogP contribution in [0.4, 0.5) is 0 Å². The Morgan fingerprint density at radius 1 is 1.69 bits per heavy atom. The Hall–Kier alpha value is -0.610. The van der Waals surface area contributed by atoms with Crippen molar-refractivity contribution in [2.45, 2.75) is 38.3 Å². The van der Waals surface area contributed by atoms with E-state index in [0.717, 1.165) is 19.3 Å². The average molecular weight is 186 g/mol. The number of carbonyl (C=O) groups is 1. The van der Waals surface area contributed by atoms with E-state index in [1.807, 2.05) is 0 Å². The summed E-state index contributed by atoms with van der Waals surface area (Å²) in [5, 5.41) is 11.7. The maximum absolute atomic E-state index is 11.4. The lowest BCUT2D eigenvalue weighted by Gasteiger charge is -2.11. The topological polar surface area (TPSA) is 75.3 Å². The second-order valence-electron chi connectivity index (χ2n) is 3.86. The number of aliphatic hydroxyl groups is 1. The molecular weight excluding hydrogens is 168 g/mol. The molecule has 0 aromatic heterocycles. The van der Waals surface area contributed by atoms with Gasteiger partial charge in [0.15, 0.2) is 0 Å². The molecule has 1 aliphatic rings. The number of hydrogen-bond donors (Lipinski definition) is 3. The maximum atomic E-state index is 11.4. The summed E-state index contributed by atoms with van der Waals surface area (Å²) >= 11 is 0. The molecule has 0 aromatic carbocycles. The number of aliphatic hydroxyl groups excluding tert-OH is 1. The largest absolute Gasteiger partial charge is 0.392 e. The van der Waals surface area contributed by atoms with Gasteiger partial charge in [-0.15, -0.1) is 0 Å². The molecule has 1 amide bonds. The number of hydrogen-bond acceptors (Lipinski definition) is 3. The smallest absolute Gasteiger partial charge is 0.223 e. The van der Waals surface area contributed by atoms with Gasteiger partial charge in [0.25, 0.3) is 0 Å². The SMILES string of the molecule is CC(O)CNC(=O)C1CCC(N)C1. The van der Waals surface area contributed by atoms with Gasteiger partial charge in [0.05, 0.1) is 6.10 Å². The van der Waals surface area contributed by atoms with E-state index in [2.05, 4.69) is 5.32 Å². The van der Waals surface area contributed by atoms with E-state index in [1.165, 1.54) is 0 Å². The molecule has 0 spiro atoms. The third-order valence-corrected chi connectivity index (χ3v) is 2.42. The summed E-state index contributed by atoms with van der Waals surface area (Å²) in [4.78, 5) is 11.4. The first-order chi connectivity index (χ1) is 6.09. The highest BCUT2D eigenvalue weighted by atomic mass is 16.3. The number of carbonyl (C=O) groups excluding carboxylic acids is 1. The van der Waals surface area contributed by atoms with Crippen LogP contribution in [0.25, 0.3) is 0 Å². The van der Waals surface area contributed by atoms with Crippen LogP contribution >= 0.6 is 0 Å². The molecule has 1 saturated carbocycles. The van der Waals surface area contributed by atoms with Gasteiger partial charge in [-0.05, 0) is 26.2 Å². The Kier molecular flexibility index (Phi) is 3.69. The minimum absolute atomic E-state index is 0.0360. The van der Waals surface area contributed by atoms with Gasteiger partial charge in [-0.25, -0.2) is 0 Å². The highest BCUT2D eigenvalue weighted by Crippen LogP contribution is 2.23. The first-order valence-corrected chi connectivity index (χ1v) is 4.81. The van der Waals surface area contributed by atoms with Gasteiger partial charge in [-0.2, -0.15) is 0 Å². The molecule has 1 rings (SSSR count). The standard InChI is InChI=1S/C9H18N2O2/c1-6(12)5-11-9(13)7-2-3-8(10)4-7/h6-8,12H,2-5,10H2,1H3,(H,11,13). The predicted molar refractivity (Wildman–Crippen MR) is 50.0 cm³/mol. The molecule has 0 aliphatic heterocycles. The van der Waals surface area contributed by atoms with Crippen molar-refractivity contribution in [3.8, 4) is 0 Å². The van der Waals surface area contributed by atoms with Crippen LogP contribution in [-0.2, 0) is 4.79 Å². The van der Waals surface area contributed by atoms with Crippen molar-refractivity contribution in [1.29, 1.82) is 0 Å². The summed E-state index contributed by atoms with van der Waals surface area (Å²) in [6, 6.07) is 0.183. The Labute approximate surface area is 78.5 Å². The molecule has 13 heavy (non-hydrogen) atoms. The van der Waals surface area contributed by atoms with Crippen LogP contribution in [0, 0.1) is 5.92 Å². The number of nitrogens with two attached hydrogens (primary N) is 1. The van der Waals surface area contributed by atoms with Crippen LogP contribution in [0.5, 0.6) is 0 Å². The molecule has 0 heterocycles. The Bertz CT molecular complexity index is 182. The molecule has 76 valence electrons. The van der Waals surface area contributed by atoms with Gasteiger partial charge in [0.2, 0.25) is 5.91 Å². The van der Waals surface area contributed by atoms with E-state index in [-0.39, 0.29) is 17.9 Å². The van der Waals surface area contributed by atoms with Crippen molar-refractivity contribution >= 4 is 5.91 Å². The molecule has 4 nitrogen and oxygen atoms in total. The zero-order valence-electron chi connectivity index (χ0n) is 7.99. The zero-order valence-corrected chi connectivity index (χ0v) is 7.99. The maximum Gasteiger partial charge on any atom is 0.223 e. The first-order valence-electron chi connectivity index (χ1n) is 4.81. The second kappa shape index (κ2) is 4.58. The van der Waals surface area contributed by atoms with Crippen molar-refractivity contribution in [2.75, 3.05) is 6.54 Å². The highest BCUT2D eigenvalue weighted by molar-refractivity contribution is 5.79. The van der Waals surface area contributed by atoms with Gasteiger partial charge in [-0.3, -0.25) is 4.79 Å². The highest BCUT2D eigenvalue weighted by Gasteiger charge is 2.27. The van der Waals surface area contributed by atoms with Crippen molar-refractivity contribution in [3.63, 3.8) is 0 Å². The van der Waals surface area contributed by atoms with Gasteiger partial charge in [-0.1, -0.05) is 0 Å². The van der Waals surface area contributed by atoms with Crippen LogP contribution in [0.2, 0.25) is 0 Å². The van der Waals surface area contributed by atoms with E-state index in [1.54, 1.807) is 6.92 Å². The lowest BCUT2D eigenvalue weighted by Crippen LogP contribution is -2.35. The summed E-state index contributed by atoms with van der Waals surface area (Å²) in [5.74, 6) is 0.0996. The van der Waals surface area contributed by atoms with Crippen molar-refractivity contribution in [1.82, 2.24) is 5.32 Å². The van der Waals surface area contributed by atoms with Crippen LogP contribution in [0.15, 0.2) is 0 Å². The van der Waals surface area contributed by atoms with E-state index < -0.39 is 6.10 Å². The van der Waals surface area contributed by atoms with Crippen molar-refractivity contribution in [3.05, 3.63) is 0 Å². The molecule has 0 aromatic rings. The number of nitrogens with one attached hydrogen (secondary N) is 1. The van der Waals surface area contributed by atoms with E-state index in [4.69, 9.17) is 10.8 Å². The van der Waals surface area contributed by atoms with Crippen LogP contribution in [0.1, 0.15) is 26.2 Å². The molecule has 1 aliphatic carbocycles. The predicted octanol–water partition coefficient (Wildman–Crippen LogP) is -0.389. The normalized spacial score (nSPS) is 30.1. The monoisotopic (exact) mass is 186 g/mol. The van der Waals surface area contributed by atoms with Crippen LogP contribution in [-0.4, -0.2) is 29.7 Å². The minimum atomic E-state index is -0.473. The summed E-state index contributed by atoms with van der Waals surface area (Å²) in [6.07, 6.45) is 2.13. The lowest BCUT2D eigenvalue weighted by molar-refractivity contribution is -0.125. The molecular formula is C9H18N2O2. The summed E-state index contributed by atoms with van der Waals surface area (Å²) in [6.45, 7) is 1.99. The molecule has 0 bridgehead atoms. The molecule has 0 saturated heterocycles. The van der Waals surface area contributed by atoms with Crippen LogP contribution in [0.3, 0.4) is 0 Å². The third-order valence-electron chi connectivity index (χ3n) is 2.42. The number of amides is 1. The molecule has 3 unspecified atom stereocenters. The van der Waals surface area contributed by atoms with E-state index >= 15 is 0 Å². The lowest BCUT2D eigenvalue weighted by atomic mass is 10.1. The fourth-order valence-corrected chi connectivity index (χ4v) is 1.65. The number of rotatable bonds is 3. The second-order valence-corrected chi connectivity index (χ2v) is 3.86. The van der Waals surface area contributed by atoms with Gasteiger partial charge in [0, 0.05) is 18.5 Å². The van der Waals surface area contributed by atoms with Crippen molar-refractivity contribution < 1.29 is 9.90 Å². The molecule has 4 N–H and O–H groups in total. The van der Waals surface area contributed by atoms with Crippen LogP contribution < -0.4 is 11.1 Å². The van der Waals surface area contributed by atoms with Gasteiger partial charge < -0.3 is 16.2 Å². The fourth-order valence-electron chi connectivity index (χ4n) is 1.65. The Morgan fingerprint density at radius 2 is 2.38 bits per heavy atom.